The molecule has 1 amide bonds. The molecule has 0 radical (unpaired) electrons. The molecule has 0 aromatic heterocycles. The van der Waals surface area contributed by atoms with Crippen molar-refractivity contribution in [3.05, 3.63) is 23.2 Å². The van der Waals surface area contributed by atoms with E-state index in [2.05, 4.69) is 5.32 Å². The van der Waals surface area contributed by atoms with Crippen LogP contribution in [0.3, 0.4) is 0 Å². The molecule has 11 heteroatoms. The average Bonchev–Trinajstić information content (AvgIpc) is 3.07. The Labute approximate surface area is 165 Å². The molecule has 1 unspecified atom stereocenters. The highest BCUT2D eigenvalue weighted by atomic mass is 35.5. The van der Waals surface area contributed by atoms with Crippen molar-refractivity contribution in [2.75, 3.05) is 31.2 Å². The maximum Gasteiger partial charge on any atom is 0.244 e. The van der Waals surface area contributed by atoms with Gasteiger partial charge in [0, 0.05) is 25.3 Å². The minimum absolute atomic E-state index is 0.0542. The molecule has 0 saturated carbocycles. The van der Waals surface area contributed by atoms with Crippen molar-refractivity contribution in [2.24, 2.45) is 0 Å². The first kappa shape index (κ1) is 22.1. The number of amides is 1. The minimum Gasteiger partial charge on any atom is -0.325 e. The first-order valence-electron chi connectivity index (χ1n) is 8.59. The van der Waals surface area contributed by atoms with Crippen LogP contribution in [0.2, 0.25) is 5.02 Å². The van der Waals surface area contributed by atoms with Gasteiger partial charge in [0.05, 0.1) is 11.3 Å². The second-order valence-electron chi connectivity index (χ2n) is 6.26. The number of carbonyl (C=O) groups is 1. The van der Waals surface area contributed by atoms with E-state index in [1.807, 2.05) is 0 Å². The zero-order valence-electron chi connectivity index (χ0n) is 15.5. The monoisotopic (exact) mass is 437 g/mol. The first-order chi connectivity index (χ1) is 12.5. The highest BCUT2D eigenvalue weighted by Gasteiger charge is 2.36. The second kappa shape index (κ2) is 8.44. The molecule has 2 rings (SSSR count). The SMILES string of the molecule is CCN(CC)S(=O)(=O)c1cc(NC(=O)C2CCCN2S(C)(=O)=O)ccc1Cl. The van der Waals surface area contributed by atoms with Gasteiger partial charge in [0.25, 0.3) is 0 Å². The van der Waals surface area contributed by atoms with Crippen molar-refractivity contribution in [3.63, 3.8) is 0 Å². The fraction of sp³-hybridized carbons (Fsp3) is 0.562. The minimum atomic E-state index is -3.80. The molecule has 1 N–H and O–H groups in total. The molecule has 1 aliphatic heterocycles. The van der Waals surface area contributed by atoms with Crippen molar-refractivity contribution in [2.45, 2.75) is 37.6 Å². The van der Waals surface area contributed by atoms with Gasteiger partial charge in [-0.05, 0) is 31.0 Å². The third kappa shape index (κ3) is 4.80. The van der Waals surface area contributed by atoms with Crippen LogP contribution in [0.15, 0.2) is 23.1 Å². The van der Waals surface area contributed by atoms with Gasteiger partial charge >= 0.3 is 0 Å². The molecule has 1 aromatic carbocycles. The van der Waals surface area contributed by atoms with Gasteiger partial charge in [-0.3, -0.25) is 4.79 Å². The van der Waals surface area contributed by atoms with Crippen molar-refractivity contribution in [1.82, 2.24) is 8.61 Å². The van der Waals surface area contributed by atoms with E-state index in [0.717, 1.165) is 10.6 Å². The van der Waals surface area contributed by atoms with E-state index in [-0.39, 0.29) is 28.7 Å². The smallest absolute Gasteiger partial charge is 0.244 e. The molecular formula is C16H24ClN3O5S2. The van der Waals surface area contributed by atoms with Gasteiger partial charge in [-0.15, -0.1) is 0 Å². The van der Waals surface area contributed by atoms with E-state index >= 15 is 0 Å². The normalized spacial score (nSPS) is 18.8. The summed E-state index contributed by atoms with van der Waals surface area (Å²) in [4.78, 5) is 12.5. The molecule has 152 valence electrons. The van der Waals surface area contributed by atoms with Crippen LogP contribution >= 0.6 is 11.6 Å². The standard InChI is InChI=1S/C16H24ClN3O5S2/c1-4-19(5-2)27(24,25)15-11-12(8-9-13(15)17)18-16(21)14-7-6-10-20(14)26(3,22)23/h8-9,11,14H,4-7,10H2,1-3H3,(H,18,21). The number of halogens is 1. The summed E-state index contributed by atoms with van der Waals surface area (Å²) in [6.07, 6.45) is 2.07. The molecule has 0 aliphatic carbocycles. The first-order valence-corrected chi connectivity index (χ1v) is 12.3. The largest absolute Gasteiger partial charge is 0.325 e. The summed E-state index contributed by atoms with van der Waals surface area (Å²) in [6.45, 7) is 4.31. The van der Waals surface area contributed by atoms with E-state index in [1.165, 1.54) is 22.5 Å². The van der Waals surface area contributed by atoms with Gasteiger partial charge in [-0.2, -0.15) is 8.61 Å². The van der Waals surface area contributed by atoms with Crippen LogP contribution in [0, 0.1) is 0 Å². The number of hydrogen-bond acceptors (Lipinski definition) is 5. The highest BCUT2D eigenvalue weighted by Crippen LogP contribution is 2.28. The van der Waals surface area contributed by atoms with Gasteiger partial charge < -0.3 is 5.32 Å². The summed E-state index contributed by atoms with van der Waals surface area (Å²) in [7, 11) is -7.30. The highest BCUT2D eigenvalue weighted by molar-refractivity contribution is 7.89. The lowest BCUT2D eigenvalue weighted by Crippen LogP contribution is -2.42. The summed E-state index contributed by atoms with van der Waals surface area (Å²) in [5, 5.41) is 2.67. The van der Waals surface area contributed by atoms with Crippen LogP contribution in [0.25, 0.3) is 0 Å². The molecule has 1 atom stereocenters. The Balaban J connectivity index is 2.30. The summed E-state index contributed by atoms with van der Waals surface area (Å²) < 4.78 is 51.5. The molecule has 1 fully saturated rings. The summed E-state index contributed by atoms with van der Waals surface area (Å²) in [6, 6.07) is 3.38. The number of sulfonamides is 2. The molecule has 1 aromatic rings. The van der Waals surface area contributed by atoms with E-state index in [4.69, 9.17) is 11.6 Å². The fourth-order valence-corrected chi connectivity index (χ4v) is 6.19. The third-order valence-corrected chi connectivity index (χ3v) is 8.27. The Bertz CT molecular complexity index is 914. The van der Waals surface area contributed by atoms with E-state index in [9.17, 15) is 21.6 Å². The summed E-state index contributed by atoms with van der Waals surface area (Å²) in [5.41, 5.74) is 0.246. The van der Waals surface area contributed by atoms with Gasteiger partial charge in [0.2, 0.25) is 26.0 Å². The third-order valence-electron chi connectivity index (χ3n) is 4.45. The number of anilines is 1. The molecule has 1 heterocycles. The lowest BCUT2D eigenvalue weighted by atomic mass is 10.2. The fourth-order valence-electron chi connectivity index (χ4n) is 3.11. The Kier molecular flexibility index (Phi) is 6.91. The lowest BCUT2D eigenvalue weighted by molar-refractivity contribution is -0.119. The number of nitrogens with one attached hydrogen (secondary N) is 1. The van der Waals surface area contributed by atoms with Crippen LogP contribution in [0.4, 0.5) is 5.69 Å². The Morgan fingerprint density at radius 2 is 1.89 bits per heavy atom. The Morgan fingerprint density at radius 1 is 1.26 bits per heavy atom. The van der Waals surface area contributed by atoms with E-state index < -0.39 is 32.0 Å². The topological polar surface area (TPSA) is 104 Å². The second-order valence-corrected chi connectivity index (χ2v) is 10.5. The van der Waals surface area contributed by atoms with Crippen molar-refractivity contribution >= 4 is 43.2 Å². The molecule has 8 nitrogen and oxygen atoms in total. The zero-order valence-corrected chi connectivity index (χ0v) is 17.9. The molecular weight excluding hydrogens is 414 g/mol. The predicted octanol–water partition coefficient (Wildman–Crippen LogP) is 1.73. The van der Waals surface area contributed by atoms with Crippen molar-refractivity contribution in [1.29, 1.82) is 0 Å². The van der Waals surface area contributed by atoms with Crippen LogP contribution < -0.4 is 5.32 Å². The molecule has 27 heavy (non-hydrogen) atoms. The maximum atomic E-state index is 12.7. The van der Waals surface area contributed by atoms with E-state index in [1.54, 1.807) is 13.8 Å². The molecule has 1 aliphatic rings. The molecule has 1 saturated heterocycles. The lowest BCUT2D eigenvalue weighted by Gasteiger charge is -2.22. The summed E-state index contributed by atoms with van der Waals surface area (Å²) in [5.74, 6) is -0.494. The zero-order chi connectivity index (χ0) is 20.4. The average molecular weight is 438 g/mol. The number of carbonyl (C=O) groups excluding carboxylic acids is 1. The van der Waals surface area contributed by atoms with Crippen molar-refractivity contribution < 1.29 is 21.6 Å². The number of rotatable bonds is 7. The van der Waals surface area contributed by atoms with Crippen LogP contribution in [-0.4, -0.2) is 63.3 Å². The number of benzene rings is 1. The van der Waals surface area contributed by atoms with Gasteiger partial charge in [0.1, 0.15) is 10.9 Å². The van der Waals surface area contributed by atoms with Gasteiger partial charge in [0.15, 0.2) is 0 Å². The summed E-state index contributed by atoms with van der Waals surface area (Å²) >= 11 is 6.08. The molecule has 0 bridgehead atoms. The van der Waals surface area contributed by atoms with Crippen LogP contribution in [-0.2, 0) is 24.8 Å². The number of hydrogen-bond donors (Lipinski definition) is 1. The number of nitrogens with zero attached hydrogens (tertiary/aromatic N) is 2. The van der Waals surface area contributed by atoms with E-state index in [0.29, 0.717) is 19.4 Å². The predicted molar refractivity (Wildman–Crippen MR) is 105 cm³/mol. The quantitative estimate of drug-likeness (QED) is 0.699. The van der Waals surface area contributed by atoms with Crippen LogP contribution in [0.1, 0.15) is 26.7 Å². The Morgan fingerprint density at radius 3 is 2.44 bits per heavy atom. The maximum absolute atomic E-state index is 12.7. The Hall–Kier alpha value is -1.20. The van der Waals surface area contributed by atoms with Gasteiger partial charge in [-0.1, -0.05) is 25.4 Å². The van der Waals surface area contributed by atoms with Crippen molar-refractivity contribution in [3.8, 4) is 0 Å². The van der Waals surface area contributed by atoms with Crippen LogP contribution in [0.5, 0.6) is 0 Å². The van der Waals surface area contributed by atoms with Gasteiger partial charge in [-0.25, -0.2) is 16.8 Å². The molecule has 0 spiro atoms.